The van der Waals surface area contributed by atoms with Gasteiger partial charge in [0.15, 0.2) is 0 Å². The largest absolute Gasteiger partial charge is 0.459 e. The molecule has 2 aromatic carbocycles. The Hall–Kier alpha value is -2.17. The number of unbranched alkanes of at least 4 members (excludes halogenated alkanes) is 7. The zero-order valence-corrected chi connectivity index (χ0v) is 30.7. The fourth-order valence-corrected chi connectivity index (χ4v) is 13.0. The van der Waals surface area contributed by atoms with Gasteiger partial charge in [-0.05, 0) is 71.7 Å². The van der Waals surface area contributed by atoms with Crippen LogP contribution in [0.2, 0.25) is 5.04 Å². The average Bonchev–Trinajstić information content (AvgIpc) is 3.07. The molecule has 0 N–H and O–H groups in total. The van der Waals surface area contributed by atoms with E-state index in [2.05, 4.69) is 82.8 Å². The lowest BCUT2D eigenvalue weighted by molar-refractivity contribution is -0.146. The van der Waals surface area contributed by atoms with E-state index in [0.717, 1.165) is 30.6 Å². The van der Waals surface area contributed by atoms with Gasteiger partial charge in [-0.2, -0.15) is 0 Å². The van der Waals surface area contributed by atoms with E-state index in [1.54, 1.807) is 0 Å². The summed E-state index contributed by atoms with van der Waals surface area (Å²) in [6.07, 6.45) is 22.9. The molecule has 0 amide bonds. The third-order valence-corrected chi connectivity index (χ3v) is 16.2. The number of esters is 1. The molecule has 2 aliphatic rings. The predicted molar refractivity (Wildman–Crippen MR) is 197 cm³/mol. The van der Waals surface area contributed by atoms with Crippen molar-refractivity contribution in [2.75, 3.05) is 6.61 Å². The molecule has 2 aliphatic carbocycles. The predicted octanol–water partition coefficient (Wildman–Crippen LogP) is 10.6. The average molecular weight is 645 g/mol. The molecule has 0 aromatic heterocycles. The summed E-state index contributed by atoms with van der Waals surface area (Å²) in [5.74, 6) is 2.36. The SMILES string of the molecule is C=C(CO[Si](c1ccccc1)(c1ccccc1)C(C)(C)C)C(=O)OC1CCC(C2CCC(CCCCCCCCCC)CC2)CC1. The summed E-state index contributed by atoms with van der Waals surface area (Å²) in [6.45, 7) is 13.4. The van der Waals surface area contributed by atoms with E-state index in [9.17, 15) is 4.79 Å². The third kappa shape index (κ3) is 10.2. The third-order valence-electron chi connectivity index (χ3n) is 11.2. The molecular formula is C42H64O3Si. The van der Waals surface area contributed by atoms with Crippen molar-refractivity contribution in [3.05, 3.63) is 72.8 Å². The molecule has 4 rings (SSSR count). The maximum absolute atomic E-state index is 13.3. The van der Waals surface area contributed by atoms with Crippen LogP contribution in [0.3, 0.4) is 0 Å². The van der Waals surface area contributed by atoms with Crippen molar-refractivity contribution in [2.45, 2.75) is 148 Å². The Kier molecular flexibility index (Phi) is 14.7. The summed E-state index contributed by atoms with van der Waals surface area (Å²) in [6, 6.07) is 21.1. The molecule has 2 fully saturated rings. The lowest BCUT2D eigenvalue weighted by Crippen LogP contribution is -2.66. The summed E-state index contributed by atoms with van der Waals surface area (Å²) in [7, 11) is -2.73. The Morgan fingerprint density at radius 3 is 1.70 bits per heavy atom. The molecule has 46 heavy (non-hydrogen) atoms. The van der Waals surface area contributed by atoms with Crippen molar-refractivity contribution in [1.29, 1.82) is 0 Å². The first-order chi connectivity index (χ1) is 22.2. The minimum Gasteiger partial charge on any atom is -0.459 e. The molecule has 0 heterocycles. The molecule has 0 aliphatic heterocycles. The van der Waals surface area contributed by atoms with Crippen LogP contribution in [-0.4, -0.2) is 27.0 Å². The van der Waals surface area contributed by atoms with Crippen LogP contribution < -0.4 is 10.4 Å². The van der Waals surface area contributed by atoms with E-state index < -0.39 is 8.32 Å². The number of rotatable bonds is 17. The van der Waals surface area contributed by atoms with Crippen LogP contribution in [0.25, 0.3) is 0 Å². The van der Waals surface area contributed by atoms with Crippen molar-refractivity contribution in [2.24, 2.45) is 17.8 Å². The molecule has 4 heteroatoms. The normalized spacial score (nSPS) is 22.3. The molecule has 3 nitrogen and oxygen atoms in total. The Balaban J connectivity index is 1.20. The van der Waals surface area contributed by atoms with Crippen LogP contribution >= 0.6 is 0 Å². The van der Waals surface area contributed by atoms with Gasteiger partial charge >= 0.3 is 5.97 Å². The minimum atomic E-state index is -2.73. The molecular weight excluding hydrogens is 581 g/mol. The van der Waals surface area contributed by atoms with Crippen molar-refractivity contribution in [3.63, 3.8) is 0 Å². The Morgan fingerprint density at radius 1 is 0.717 bits per heavy atom. The second-order valence-corrected chi connectivity index (χ2v) is 19.8. The van der Waals surface area contributed by atoms with Gasteiger partial charge in [0.05, 0.1) is 12.2 Å². The first-order valence-corrected chi connectivity index (χ1v) is 20.8. The monoisotopic (exact) mass is 644 g/mol. The highest BCUT2D eigenvalue weighted by Crippen LogP contribution is 2.42. The Bertz CT molecular complexity index is 1110. The highest BCUT2D eigenvalue weighted by molar-refractivity contribution is 6.99. The number of ether oxygens (including phenoxy) is 1. The van der Waals surface area contributed by atoms with Crippen LogP contribution in [0.1, 0.15) is 137 Å². The van der Waals surface area contributed by atoms with E-state index in [1.807, 2.05) is 12.1 Å². The molecule has 0 unspecified atom stereocenters. The topological polar surface area (TPSA) is 35.5 Å². The van der Waals surface area contributed by atoms with Crippen LogP contribution in [0.15, 0.2) is 72.8 Å². The van der Waals surface area contributed by atoms with E-state index in [-0.39, 0.29) is 23.7 Å². The van der Waals surface area contributed by atoms with E-state index in [1.165, 1.54) is 107 Å². The minimum absolute atomic E-state index is 0.00618. The molecule has 2 aromatic rings. The van der Waals surface area contributed by atoms with Crippen LogP contribution in [0.5, 0.6) is 0 Å². The second kappa shape index (κ2) is 18.4. The van der Waals surface area contributed by atoms with Crippen LogP contribution in [0.4, 0.5) is 0 Å². The fraction of sp³-hybridized carbons (Fsp3) is 0.643. The van der Waals surface area contributed by atoms with Crippen molar-refractivity contribution < 1.29 is 14.0 Å². The highest BCUT2D eigenvalue weighted by atomic mass is 28.4. The van der Waals surface area contributed by atoms with Gasteiger partial charge in [0.25, 0.3) is 8.32 Å². The zero-order chi connectivity index (χ0) is 32.8. The maximum Gasteiger partial charge on any atom is 0.335 e. The summed E-state index contributed by atoms with van der Waals surface area (Å²) >= 11 is 0. The van der Waals surface area contributed by atoms with Gasteiger partial charge < -0.3 is 9.16 Å². The second-order valence-electron chi connectivity index (χ2n) is 15.5. The van der Waals surface area contributed by atoms with Crippen LogP contribution in [-0.2, 0) is 14.0 Å². The fourth-order valence-electron chi connectivity index (χ4n) is 8.44. The molecule has 2 saturated carbocycles. The zero-order valence-electron chi connectivity index (χ0n) is 29.7. The van der Waals surface area contributed by atoms with Gasteiger partial charge in [0.2, 0.25) is 0 Å². The molecule has 0 spiro atoms. The number of hydrogen-bond donors (Lipinski definition) is 0. The van der Waals surface area contributed by atoms with Crippen molar-refractivity contribution in [1.82, 2.24) is 0 Å². The lowest BCUT2D eigenvalue weighted by Gasteiger charge is -2.43. The van der Waals surface area contributed by atoms with Crippen molar-refractivity contribution in [3.8, 4) is 0 Å². The number of hydrogen-bond acceptors (Lipinski definition) is 3. The first kappa shape index (κ1) is 36.7. The van der Waals surface area contributed by atoms with Gasteiger partial charge in [-0.15, -0.1) is 0 Å². The Morgan fingerprint density at radius 2 is 1.20 bits per heavy atom. The maximum atomic E-state index is 13.3. The van der Waals surface area contributed by atoms with Gasteiger partial charge in [-0.3, -0.25) is 0 Å². The van der Waals surface area contributed by atoms with Crippen LogP contribution in [0, 0.1) is 17.8 Å². The summed E-state index contributed by atoms with van der Waals surface area (Å²) in [5.41, 5.74) is 0.421. The van der Waals surface area contributed by atoms with Gasteiger partial charge in [0, 0.05) is 0 Å². The Labute approximate surface area is 283 Å². The van der Waals surface area contributed by atoms with Gasteiger partial charge in [-0.1, -0.05) is 166 Å². The number of carbonyl (C=O) groups excluding carboxylic acids is 1. The molecule has 0 saturated heterocycles. The van der Waals surface area contributed by atoms with E-state index in [4.69, 9.17) is 9.16 Å². The first-order valence-electron chi connectivity index (χ1n) is 18.9. The molecule has 0 atom stereocenters. The molecule has 0 radical (unpaired) electrons. The van der Waals surface area contributed by atoms with Gasteiger partial charge in [-0.25, -0.2) is 4.79 Å². The van der Waals surface area contributed by atoms with Crippen molar-refractivity contribution >= 4 is 24.7 Å². The summed E-state index contributed by atoms with van der Waals surface area (Å²) in [4.78, 5) is 13.3. The molecule has 0 bridgehead atoms. The number of benzene rings is 2. The smallest absolute Gasteiger partial charge is 0.335 e. The summed E-state index contributed by atoms with van der Waals surface area (Å²) in [5, 5.41) is 2.26. The quantitative estimate of drug-likeness (QED) is 0.0744. The molecule has 254 valence electrons. The van der Waals surface area contributed by atoms with E-state index in [0.29, 0.717) is 5.57 Å². The van der Waals surface area contributed by atoms with E-state index >= 15 is 0 Å². The number of carbonyl (C=O) groups is 1. The highest BCUT2D eigenvalue weighted by Gasteiger charge is 2.50. The van der Waals surface area contributed by atoms with Gasteiger partial charge in [0.1, 0.15) is 6.10 Å². The standard InChI is InChI=1S/C42H64O3Si/c1-6-7-8-9-10-11-12-15-20-35-25-27-36(28-26-35)37-29-31-38(32-30-37)45-41(43)34(2)33-44-46(42(3,4)5,39-21-16-13-17-22-39)40-23-18-14-19-24-40/h13-14,16-19,21-24,35-38H,2,6-12,15,20,25-33H2,1,3-5H3. The lowest BCUT2D eigenvalue weighted by atomic mass is 9.70. The summed E-state index contributed by atoms with van der Waals surface area (Å²) < 4.78 is 13.0.